The van der Waals surface area contributed by atoms with E-state index in [1.807, 2.05) is 49.1 Å². The number of amides is 1. The van der Waals surface area contributed by atoms with Gasteiger partial charge in [-0.05, 0) is 71.3 Å². The summed E-state index contributed by atoms with van der Waals surface area (Å²) in [4.78, 5) is 42.3. The maximum absolute atomic E-state index is 13.8. The monoisotopic (exact) mass is 458 g/mol. The number of benzene rings is 1. The summed E-state index contributed by atoms with van der Waals surface area (Å²) < 4.78 is 5.41. The van der Waals surface area contributed by atoms with Crippen molar-refractivity contribution in [1.82, 2.24) is 9.80 Å². The van der Waals surface area contributed by atoms with Crippen molar-refractivity contribution in [2.45, 2.75) is 96.4 Å². The number of hydrogen-bond donors (Lipinski definition) is 1. The minimum atomic E-state index is -0.938. The zero-order chi connectivity index (χ0) is 24.1. The number of ether oxygens (including phenoxy) is 1. The van der Waals surface area contributed by atoms with E-state index in [4.69, 9.17) is 4.74 Å². The fourth-order valence-electron chi connectivity index (χ4n) is 5.82. The molecule has 1 aromatic carbocycles. The lowest BCUT2D eigenvalue weighted by Gasteiger charge is -2.40. The SMILES string of the molecule is CCOC(=O)[C@H](CCc1ccccc1)N(C(C)C)[C@@H](C)C(=O)N1[C@H](C(=O)O)C[C@@H]2CCC[C@@H]21. The molecule has 33 heavy (non-hydrogen) atoms. The third-order valence-electron chi connectivity index (χ3n) is 7.25. The number of rotatable bonds is 10. The topological polar surface area (TPSA) is 87.2 Å². The molecule has 7 heteroatoms. The molecule has 1 aromatic rings. The van der Waals surface area contributed by atoms with Crippen LogP contribution in [-0.4, -0.2) is 69.6 Å². The fraction of sp³-hybridized carbons (Fsp3) is 0.654. The number of aliphatic carboxylic acids is 1. The van der Waals surface area contributed by atoms with Gasteiger partial charge in [0.15, 0.2) is 0 Å². The van der Waals surface area contributed by atoms with E-state index >= 15 is 0 Å². The summed E-state index contributed by atoms with van der Waals surface area (Å²) in [7, 11) is 0. The van der Waals surface area contributed by atoms with Crippen LogP contribution in [0.3, 0.4) is 0 Å². The predicted molar refractivity (Wildman–Crippen MR) is 126 cm³/mol. The summed E-state index contributed by atoms with van der Waals surface area (Å²) in [5.41, 5.74) is 1.12. The predicted octanol–water partition coefficient (Wildman–Crippen LogP) is 3.50. The second-order valence-electron chi connectivity index (χ2n) is 9.60. The molecule has 5 atom stereocenters. The number of fused-ring (bicyclic) bond motifs is 1. The van der Waals surface area contributed by atoms with Gasteiger partial charge < -0.3 is 14.7 Å². The van der Waals surface area contributed by atoms with Crippen molar-refractivity contribution in [1.29, 1.82) is 0 Å². The molecule has 7 nitrogen and oxygen atoms in total. The molecular weight excluding hydrogens is 420 g/mol. The van der Waals surface area contributed by atoms with E-state index in [9.17, 15) is 19.5 Å². The van der Waals surface area contributed by atoms with Crippen LogP contribution in [0.25, 0.3) is 0 Å². The van der Waals surface area contributed by atoms with Crippen molar-refractivity contribution in [3.05, 3.63) is 35.9 Å². The first-order valence-electron chi connectivity index (χ1n) is 12.3. The van der Waals surface area contributed by atoms with Gasteiger partial charge in [0.2, 0.25) is 5.91 Å². The van der Waals surface area contributed by atoms with Crippen molar-refractivity contribution in [2.24, 2.45) is 5.92 Å². The molecule has 1 heterocycles. The van der Waals surface area contributed by atoms with Crippen molar-refractivity contribution < 1.29 is 24.2 Å². The van der Waals surface area contributed by atoms with Gasteiger partial charge in [-0.15, -0.1) is 0 Å². The lowest BCUT2D eigenvalue weighted by atomic mass is 10.0. The van der Waals surface area contributed by atoms with Crippen molar-refractivity contribution in [2.75, 3.05) is 6.61 Å². The standard InChI is InChI=1S/C26H38N2O5/c1-5-33-26(32)22(15-14-19-10-7-6-8-11-19)27(17(2)3)18(4)24(29)28-21-13-9-12-20(21)16-23(28)25(30)31/h6-8,10-11,17-18,20-23H,5,9,12-16H2,1-4H3,(H,30,31)/t18-,20-,21-,22-,23-/m0/s1. The minimum Gasteiger partial charge on any atom is -0.480 e. The second kappa shape index (κ2) is 11.1. The summed E-state index contributed by atoms with van der Waals surface area (Å²) in [6.45, 7) is 7.79. The summed E-state index contributed by atoms with van der Waals surface area (Å²) in [5.74, 6) is -1.21. The molecule has 182 valence electrons. The molecule has 1 amide bonds. The number of carboxylic acids is 1. The average Bonchev–Trinajstić information content (AvgIpc) is 3.37. The van der Waals surface area contributed by atoms with Crippen LogP contribution < -0.4 is 0 Å². The smallest absolute Gasteiger partial charge is 0.326 e. The van der Waals surface area contributed by atoms with E-state index in [1.165, 1.54) is 0 Å². The van der Waals surface area contributed by atoms with E-state index in [0.29, 0.717) is 19.3 Å². The largest absolute Gasteiger partial charge is 0.480 e. The Morgan fingerprint density at radius 3 is 2.45 bits per heavy atom. The van der Waals surface area contributed by atoms with Crippen LogP contribution in [0.15, 0.2) is 30.3 Å². The molecule has 1 saturated heterocycles. The Bertz CT molecular complexity index is 827. The molecule has 1 aliphatic carbocycles. The lowest BCUT2D eigenvalue weighted by Crippen LogP contribution is -2.58. The van der Waals surface area contributed by atoms with Crippen LogP contribution in [0.1, 0.15) is 65.4 Å². The van der Waals surface area contributed by atoms with Gasteiger partial charge in [0.25, 0.3) is 0 Å². The molecule has 0 unspecified atom stereocenters. The number of hydrogen-bond acceptors (Lipinski definition) is 5. The van der Waals surface area contributed by atoms with Gasteiger partial charge in [-0.2, -0.15) is 0 Å². The molecule has 2 aliphatic rings. The molecule has 3 rings (SSSR count). The van der Waals surface area contributed by atoms with Gasteiger partial charge in [-0.3, -0.25) is 14.5 Å². The van der Waals surface area contributed by atoms with E-state index in [-0.39, 0.29) is 36.5 Å². The Hall–Kier alpha value is -2.41. The van der Waals surface area contributed by atoms with Crippen LogP contribution in [0.4, 0.5) is 0 Å². The van der Waals surface area contributed by atoms with Gasteiger partial charge in [0.05, 0.1) is 12.6 Å². The Morgan fingerprint density at radius 1 is 1.15 bits per heavy atom. The van der Waals surface area contributed by atoms with Crippen molar-refractivity contribution in [3.63, 3.8) is 0 Å². The molecule has 1 aliphatic heterocycles. The zero-order valence-electron chi connectivity index (χ0n) is 20.3. The molecular formula is C26H38N2O5. The second-order valence-corrected chi connectivity index (χ2v) is 9.60. The summed E-state index contributed by atoms with van der Waals surface area (Å²) >= 11 is 0. The number of nitrogens with zero attached hydrogens (tertiary/aromatic N) is 2. The number of likely N-dealkylation sites (tertiary alicyclic amines) is 1. The number of esters is 1. The maximum atomic E-state index is 13.8. The molecule has 0 aromatic heterocycles. The summed E-state index contributed by atoms with van der Waals surface area (Å²) in [6.07, 6.45) is 4.58. The van der Waals surface area contributed by atoms with Gasteiger partial charge in [0, 0.05) is 12.1 Å². The van der Waals surface area contributed by atoms with E-state index < -0.39 is 24.1 Å². The van der Waals surface area contributed by atoms with Gasteiger partial charge >= 0.3 is 11.9 Å². The molecule has 1 saturated carbocycles. The fourth-order valence-corrected chi connectivity index (χ4v) is 5.82. The van der Waals surface area contributed by atoms with Crippen LogP contribution in [-0.2, 0) is 25.5 Å². The van der Waals surface area contributed by atoms with E-state index in [2.05, 4.69) is 0 Å². The van der Waals surface area contributed by atoms with Crippen LogP contribution >= 0.6 is 0 Å². The van der Waals surface area contributed by atoms with E-state index in [0.717, 1.165) is 24.8 Å². The van der Waals surface area contributed by atoms with E-state index in [1.54, 1.807) is 18.7 Å². The number of carbonyl (C=O) groups is 3. The first-order valence-corrected chi connectivity index (χ1v) is 12.3. The number of carboxylic acid groups (broad SMARTS) is 1. The Balaban J connectivity index is 1.85. The van der Waals surface area contributed by atoms with Crippen LogP contribution in [0.5, 0.6) is 0 Å². The summed E-state index contributed by atoms with van der Waals surface area (Å²) in [6, 6.07) is 7.84. The highest BCUT2D eigenvalue weighted by Crippen LogP contribution is 2.42. The van der Waals surface area contributed by atoms with Crippen LogP contribution in [0, 0.1) is 5.92 Å². The zero-order valence-corrected chi connectivity index (χ0v) is 20.3. The van der Waals surface area contributed by atoms with Gasteiger partial charge in [-0.25, -0.2) is 4.79 Å². The molecule has 0 bridgehead atoms. The quantitative estimate of drug-likeness (QED) is 0.540. The first kappa shape index (κ1) is 25.2. The Morgan fingerprint density at radius 2 is 1.85 bits per heavy atom. The molecule has 2 fully saturated rings. The lowest BCUT2D eigenvalue weighted by molar-refractivity contribution is -0.158. The summed E-state index contributed by atoms with van der Waals surface area (Å²) in [5, 5.41) is 9.81. The van der Waals surface area contributed by atoms with Gasteiger partial charge in [-0.1, -0.05) is 36.8 Å². The minimum absolute atomic E-state index is 0.0135. The highest BCUT2D eigenvalue weighted by Gasteiger charge is 2.50. The van der Waals surface area contributed by atoms with Crippen LogP contribution in [0.2, 0.25) is 0 Å². The van der Waals surface area contributed by atoms with Crippen molar-refractivity contribution >= 4 is 17.8 Å². The average molecular weight is 459 g/mol. The molecule has 0 radical (unpaired) electrons. The van der Waals surface area contributed by atoms with Gasteiger partial charge in [0.1, 0.15) is 12.1 Å². The van der Waals surface area contributed by atoms with Crippen molar-refractivity contribution in [3.8, 4) is 0 Å². The highest BCUT2D eigenvalue weighted by atomic mass is 16.5. The Labute approximate surface area is 197 Å². The highest BCUT2D eigenvalue weighted by molar-refractivity contribution is 5.88. The molecule has 0 spiro atoms. The molecule has 1 N–H and O–H groups in total. The Kier molecular flexibility index (Phi) is 8.51. The first-order chi connectivity index (χ1) is 15.8. The normalized spacial score (nSPS) is 24.1. The number of aryl methyl sites for hydroxylation is 1. The maximum Gasteiger partial charge on any atom is 0.326 e. The number of carbonyl (C=O) groups excluding carboxylic acids is 2. The third-order valence-corrected chi connectivity index (χ3v) is 7.25. The third kappa shape index (κ3) is 5.57.